The van der Waals surface area contributed by atoms with Crippen LogP contribution in [0.25, 0.3) is 5.69 Å². The zero-order valence-corrected chi connectivity index (χ0v) is 21.8. The van der Waals surface area contributed by atoms with E-state index in [-0.39, 0.29) is 6.61 Å². The summed E-state index contributed by atoms with van der Waals surface area (Å²) in [6, 6.07) is 35.6. The highest BCUT2D eigenvalue weighted by atomic mass is 31.2. The van der Waals surface area contributed by atoms with Crippen molar-refractivity contribution in [3.05, 3.63) is 145 Å². The Morgan fingerprint density at radius 1 is 0.769 bits per heavy atom. The van der Waals surface area contributed by atoms with Gasteiger partial charge in [-0.15, -0.1) is 0 Å². The van der Waals surface area contributed by atoms with E-state index in [0.29, 0.717) is 17.1 Å². The summed E-state index contributed by atoms with van der Waals surface area (Å²) in [7, 11) is -4.15. The SMILES string of the molecule is O=C(NC(c1ccc(-n2cccn2)cc1)P(=O)(Oc1ccccc1)Oc1ccccc1)OCc1ccccc1. The van der Waals surface area contributed by atoms with Gasteiger partial charge < -0.3 is 19.1 Å². The molecule has 5 rings (SSSR count). The molecule has 0 fully saturated rings. The second-order valence-electron chi connectivity index (χ2n) is 8.50. The summed E-state index contributed by atoms with van der Waals surface area (Å²) in [6.07, 6.45) is 2.72. The lowest BCUT2D eigenvalue weighted by Crippen LogP contribution is -2.31. The van der Waals surface area contributed by atoms with Crippen LogP contribution in [-0.4, -0.2) is 15.9 Å². The molecular weight excluding hydrogens is 513 g/mol. The molecule has 0 radical (unpaired) electrons. The molecule has 9 heteroatoms. The van der Waals surface area contributed by atoms with Crippen molar-refractivity contribution in [1.29, 1.82) is 0 Å². The molecule has 1 N–H and O–H groups in total. The minimum Gasteiger partial charge on any atom is -0.445 e. The molecule has 0 aliphatic carbocycles. The number of alkyl carbamates (subject to hydrolysis) is 1. The molecule has 0 saturated carbocycles. The van der Waals surface area contributed by atoms with E-state index in [1.165, 1.54) is 0 Å². The number of hydrogen-bond acceptors (Lipinski definition) is 6. The summed E-state index contributed by atoms with van der Waals surface area (Å²) in [5.74, 6) is -0.545. The molecule has 0 spiro atoms. The first-order valence-electron chi connectivity index (χ1n) is 12.3. The van der Waals surface area contributed by atoms with Gasteiger partial charge >= 0.3 is 13.7 Å². The van der Waals surface area contributed by atoms with Crippen LogP contribution in [-0.2, 0) is 15.9 Å². The number of rotatable bonds is 10. The molecule has 0 aliphatic heterocycles. The van der Waals surface area contributed by atoms with Gasteiger partial charge in [0.05, 0.1) is 5.69 Å². The fraction of sp³-hybridized carbons (Fsp3) is 0.0667. The van der Waals surface area contributed by atoms with Gasteiger partial charge in [-0.3, -0.25) is 0 Å². The highest BCUT2D eigenvalue weighted by Crippen LogP contribution is 2.59. The standard InChI is InChI=1S/C30H26N3O5P/c34-30(36-23-24-11-4-1-5-12-24)32-29(25-17-19-26(20-18-25)33-22-10-21-31-33)39(35,37-27-13-6-2-7-14-27)38-28-15-8-3-9-16-28/h1-22,29H,23H2,(H,32,34). The lowest BCUT2D eigenvalue weighted by Gasteiger charge is -2.28. The number of nitrogens with one attached hydrogen (secondary N) is 1. The van der Waals surface area contributed by atoms with Gasteiger partial charge in [-0.05, 0) is 53.6 Å². The Hall–Kier alpha value is -4.81. The van der Waals surface area contributed by atoms with Crippen LogP contribution in [0.2, 0.25) is 0 Å². The summed E-state index contributed by atoms with van der Waals surface area (Å²) < 4.78 is 33.9. The predicted octanol–water partition coefficient (Wildman–Crippen LogP) is 7.15. The second-order valence-corrected chi connectivity index (χ2v) is 10.5. The second kappa shape index (κ2) is 12.2. The quantitative estimate of drug-likeness (QED) is 0.190. The average molecular weight is 540 g/mol. The highest BCUT2D eigenvalue weighted by Gasteiger charge is 2.42. The number of aromatic nitrogens is 2. The van der Waals surface area contributed by atoms with Gasteiger partial charge in [0.2, 0.25) is 0 Å². The van der Waals surface area contributed by atoms with Gasteiger partial charge in [-0.25, -0.2) is 14.0 Å². The van der Waals surface area contributed by atoms with E-state index in [4.69, 9.17) is 13.8 Å². The number of amides is 1. The largest absolute Gasteiger partial charge is 0.457 e. The van der Waals surface area contributed by atoms with E-state index in [2.05, 4.69) is 10.4 Å². The number of hydrogen-bond donors (Lipinski definition) is 1. The van der Waals surface area contributed by atoms with Crippen molar-refractivity contribution < 1.29 is 23.1 Å². The van der Waals surface area contributed by atoms with Gasteiger partial charge in [-0.1, -0.05) is 78.9 Å². The summed E-state index contributed by atoms with van der Waals surface area (Å²) >= 11 is 0. The van der Waals surface area contributed by atoms with Crippen LogP contribution in [0, 0.1) is 0 Å². The van der Waals surface area contributed by atoms with Gasteiger partial charge in [0.15, 0.2) is 5.78 Å². The Bertz CT molecular complexity index is 1470. The maximum absolute atomic E-state index is 14.6. The fourth-order valence-corrected chi connectivity index (χ4v) is 5.71. The average Bonchev–Trinajstić information content (AvgIpc) is 3.52. The number of para-hydroxylation sites is 2. The maximum atomic E-state index is 14.6. The van der Waals surface area contributed by atoms with Crippen LogP contribution in [0.4, 0.5) is 4.79 Å². The molecular formula is C30H26N3O5P. The molecule has 39 heavy (non-hydrogen) atoms. The summed E-state index contributed by atoms with van der Waals surface area (Å²) in [4.78, 5) is 13.0. The van der Waals surface area contributed by atoms with E-state index in [1.54, 1.807) is 71.5 Å². The van der Waals surface area contributed by atoms with Gasteiger partial charge in [0, 0.05) is 12.4 Å². The van der Waals surface area contributed by atoms with Crippen molar-refractivity contribution in [1.82, 2.24) is 15.1 Å². The molecule has 8 nitrogen and oxygen atoms in total. The van der Waals surface area contributed by atoms with Crippen LogP contribution >= 0.6 is 7.60 Å². The van der Waals surface area contributed by atoms with Crippen LogP contribution in [0.5, 0.6) is 11.5 Å². The highest BCUT2D eigenvalue weighted by molar-refractivity contribution is 7.55. The fourth-order valence-electron chi connectivity index (χ4n) is 3.83. The molecule has 5 aromatic rings. The monoisotopic (exact) mass is 539 g/mol. The lowest BCUT2D eigenvalue weighted by atomic mass is 10.2. The molecule has 1 unspecified atom stereocenters. The molecule has 4 aromatic carbocycles. The van der Waals surface area contributed by atoms with Crippen LogP contribution < -0.4 is 14.4 Å². The molecule has 1 aromatic heterocycles. The van der Waals surface area contributed by atoms with E-state index in [0.717, 1.165) is 11.3 Å². The third-order valence-electron chi connectivity index (χ3n) is 5.71. The van der Waals surface area contributed by atoms with Crippen molar-refractivity contribution in [3.63, 3.8) is 0 Å². The van der Waals surface area contributed by atoms with E-state index < -0.39 is 19.5 Å². The zero-order valence-electron chi connectivity index (χ0n) is 20.9. The van der Waals surface area contributed by atoms with Gasteiger partial charge in [0.25, 0.3) is 0 Å². The molecule has 0 bridgehead atoms. The number of carbonyl (C=O) groups is 1. The Kier molecular flexibility index (Phi) is 8.05. The topological polar surface area (TPSA) is 91.7 Å². The molecule has 1 atom stereocenters. The lowest BCUT2D eigenvalue weighted by molar-refractivity contribution is 0.137. The Labute approximate surface area is 226 Å². The molecule has 1 amide bonds. The van der Waals surface area contributed by atoms with Crippen molar-refractivity contribution in [2.75, 3.05) is 0 Å². The molecule has 0 saturated heterocycles. The van der Waals surface area contributed by atoms with Gasteiger partial charge in [-0.2, -0.15) is 5.10 Å². The van der Waals surface area contributed by atoms with Crippen LogP contribution in [0.1, 0.15) is 16.9 Å². The van der Waals surface area contributed by atoms with Crippen LogP contribution in [0.15, 0.2) is 134 Å². The van der Waals surface area contributed by atoms with E-state index in [1.807, 2.05) is 66.9 Å². The first-order valence-corrected chi connectivity index (χ1v) is 13.9. The summed E-state index contributed by atoms with van der Waals surface area (Å²) in [5.41, 5.74) is 2.10. The van der Waals surface area contributed by atoms with E-state index >= 15 is 0 Å². The van der Waals surface area contributed by atoms with Crippen molar-refractivity contribution in [3.8, 4) is 17.2 Å². The normalized spacial score (nSPS) is 11.8. The predicted molar refractivity (Wildman–Crippen MR) is 148 cm³/mol. The van der Waals surface area contributed by atoms with Crippen molar-refractivity contribution in [2.45, 2.75) is 12.4 Å². The summed E-state index contributed by atoms with van der Waals surface area (Å²) in [6.45, 7) is 0.0427. The van der Waals surface area contributed by atoms with Crippen molar-refractivity contribution in [2.24, 2.45) is 0 Å². The summed E-state index contributed by atoms with van der Waals surface area (Å²) in [5, 5.41) is 6.99. The Morgan fingerprint density at radius 2 is 1.33 bits per heavy atom. The smallest absolute Gasteiger partial charge is 0.445 e. The maximum Gasteiger partial charge on any atom is 0.457 e. The first-order chi connectivity index (χ1) is 19.1. The molecule has 196 valence electrons. The van der Waals surface area contributed by atoms with Crippen molar-refractivity contribution >= 4 is 13.7 Å². The van der Waals surface area contributed by atoms with E-state index in [9.17, 15) is 9.36 Å². The Balaban J connectivity index is 1.49. The minimum absolute atomic E-state index is 0.0427. The molecule has 1 heterocycles. The Morgan fingerprint density at radius 3 is 1.87 bits per heavy atom. The number of ether oxygens (including phenoxy) is 1. The third kappa shape index (κ3) is 6.74. The molecule has 0 aliphatic rings. The van der Waals surface area contributed by atoms with Crippen LogP contribution in [0.3, 0.4) is 0 Å². The number of nitrogens with zero attached hydrogens (tertiary/aromatic N) is 2. The third-order valence-corrected chi connectivity index (χ3v) is 7.70. The number of carbonyl (C=O) groups excluding carboxylic acids is 1. The first kappa shape index (κ1) is 25.8. The minimum atomic E-state index is -4.15. The van der Waals surface area contributed by atoms with Gasteiger partial charge in [0.1, 0.15) is 18.1 Å². The zero-order chi connectivity index (χ0) is 26.9. The number of benzene rings is 4.